The normalized spacial score (nSPS) is 9.05. The first-order chi connectivity index (χ1) is 7.33. The zero-order chi connectivity index (χ0) is 14.3. The van der Waals surface area contributed by atoms with Gasteiger partial charge in [-0.3, -0.25) is 18.7 Å². The molecule has 0 amide bonds. The van der Waals surface area contributed by atoms with Gasteiger partial charge in [0.2, 0.25) is 0 Å². The van der Waals surface area contributed by atoms with Crippen molar-refractivity contribution in [1.82, 2.24) is 24.6 Å². The molecule has 0 heterocycles. The molecule has 0 atom stereocenters. The fourth-order valence-electron chi connectivity index (χ4n) is 0.200. The number of hydrogen-bond acceptors (Lipinski definition) is 12. The van der Waals surface area contributed by atoms with Crippen LogP contribution in [0.25, 0.3) is 0 Å². The Labute approximate surface area is 119 Å². The molecule has 0 aromatic carbocycles. The molecule has 0 aliphatic rings. The topological polar surface area (TPSA) is 342 Å². The van der Waals surface area contributed by atoms with Gasteiger partial charge >= 0.3 is 32.7 Å². The van der Waals surface area contributed by atoms with E-state index < -0.39 is 39.2 Å². The quantitative estimate of drug-likeness (QED) is 0.121. The third kappa shape index (κ3) is 55.8. The minimum atomic E-state index is -5.02. The monoisotopic (exact) mass is 366 g/mol. The SMILES string of the molecule is N.N.N.N.O=C(O)CC(=O)O.O=S(=O)(O)OOS(=O)(=O)O. The lowest BCUT2D eigenvalue weighted by Gasteiger charge is -1.92. The summed E-state index contributed by atoms with van der Waals surface area (Å²) in [7, 11) is -10.0. The van der Waals surface area contributed by atoms with Crippen LogP contribution in [0.2, 0.25) is 0 Å². The highest BCUT2D eigenvalue weighted by Crippen LogP contribution is 1.92. The van der Waals surface area contributed by atoms with E-state index in [2.05, 4.69) is 8.67 Å². The summed E-state index contributed by atoms with van der Waals surface area (Å²) < 4.78 is 58.9. The first-order valence-electron chi connectivity index (χ1n) is 3.09. The summed E-state index contributed by atoms with van der Waals surface area (Å²) in [5, 5.41) is 15.4. The first-order valence-corrected chi connectivity index (χ1v) is 5.82. The lowest BCUT2D eigenvalue weighted by atomic mass is 10.5. The molecule has 0 aliphatic heterocycles. The fourth-order valence-corrected chi connectivity index (χ4v) is 0.761. The van der Waals surface area contributed by atoms with Crippen LogP contribution in [0.4, 0.5) is 0 Å². The lowest BCUT2D eigenvalue weighted by molar-refractivity contribution is -0.147. The van der Waals surface area contributed by atoms with E-state index in [4.69, 9.17) is 19.3 Å². The maximum absolute atomic E-state index is 9.51. The van der Waals surface area contributed by atoms with E-state index in [1.165, 1.54) is 0 Å². The van der Waals surface area contributed by atoms with Crippen LogP contribution >= 0.6 is 0 Å². The van der Waals surface area contributed by atoms with Crippen molar-refractivity contribution < 1.29 is 54.4 Å². The minimum absolute atomic E-state index is 0. The van der Waals surface area contributed by atoms with Crippen LogP contribution < -0.4 is 24.6 Å². The molecule has 18 heteroatoms. The lowest BCUT2D eigenvalue weighted by Crippen LogP contribution is -2.10. The number of carboxylic acids is 2. The molecule has 0 aromatic heterocycles. The van der Waals surface area contributed by atoms with Gasteiger partial charge in [0, 0.05) is 0 Å². The number of hydrogen-bond donors (Lipinski definition) is 8. The van der Waals surface area contributed by atoms with Gasteiger partial charge in [0.05, 0.1) is 0 Å². The second-order valence-electron chi connectivity index (χ2n) is 1.96. The molecule has 16 N–H and O–H groups in total. The summed E-state index contributed by atoms with van der Waals surface area (Å²) in [6.45, 7) is 0. The standard InChI is InChI=1S/C3H4O4.4H3N.H2O8S2/c4-2(5)1-3(6)7;;;;;1-9(2,3)7-8-10(4,5)6/h1H2,(H,4,5)(H,6,7);4*1H3;(H,1,2,3)(H,4,5,6). The molecular weight excluding hydrogens is 348 g/mol. The van der Waals surface area contributed by atoms with Crippen molar-refractivity contribution in [3.05, 3.63) is 0 Å². The molecule has 0 bridgehead atoms. The van der Waals surface area contributed by atoms with Crippen LogP contribution in [0.1, 0.15) is 6.42 Å². The van der Waals surface area contributed by atoms with E-state index >= 15 is 0 Å². The third-order valence-corrected chi connectivity index (χ3v) is 1.07. The maximum Gasteiger partial charge on any atom is 0.425 e. The second kappa shape index (κ2) is 14.9. The molecule has 0 rings (SSSR count). The molecule has 0 aliphatic carbocycles. The summed E-state index contributed by atoms with van der Waals surface area (Å²) in [4.78, 5) is 18.9. The minimum Gasteiger partial charge on any atom is -0.481 e. The van der Waals surface area contributed by atoms with Gasteiger partial charge in [-0.1, -0.05) is 8.67 Å². The Morgan fingerprint density at radius 1 is 0.714 bits per heavy atom. The molecule has 0 saturated heterocycles. The van der Waals surface area contributed by atoms with Crippen molar-refractivity contribution in [1.29, 1.82) is 0 Å². The van der Waals surface area contributed by atoms with E-state index in [-0.39, 0.29) is 24.6 Å². The highest BCUT2D eigenvalue weighted by molar-refractivity contribution is 7.83. The Balaban J connectivity index is -0.0000000468. The van der Waals surface area contributed by atoms with E-state index in [0.717, 1.165) is 0 Å². The highest BCUT2D eigenvalue weighted by atomic mass is 32.3. The van der Waals surface area contributed by atoms with E-state index in [1.807, 2.05) is 0 Å². The largest absolute Gasteiger partial charge is 0.481 e. The Bertz CT molecular complexity index is 425. The summed E-state index contributed by atoms with van der Waals surface area (Å²) in [6.07, 6.45) is -0.806. The van der Waals surface area contributed by atoms with Crippen molar-refractivity contribution in [2.75, 3.05) is 0 Å². The Morgan fingerprint density at radius 2 is 0.905 bits per heavy atom. The molecule has 134 valence electrons. The molecule has 21 heavy (non-hydrogen) atoms. The van der Waals surface area contributed by atoms with Crippen LogP contribution in [0.5, 0.6) is 0 Å². The van der Waals surface area contributed by atoms with Gasteiger partial charge in [0.1, 0.15) is 6.42 Å². The number of carbonyl (C=O) groups is 2. The molecule has 0 unspecified atom stereocenters. The van der Waals surface area contributed by atoms with E-state index in [0.29, 0.717) is 0 Å². The van der Waals surface area contributed by atoms with E-state index in [9.17, 15) is 26.4 Å². The van der Waals surface area contributed by atoms with Crippen molar-refractivity contribution in [2.45, 2.75) is 6.42 Å². The third-order valence-electron chi connectivity index (χ3n) is 0.502. The summed E-state index contributed by atoms with van der Waals surface area (Å²) in [6, 6.07) is 0. The summed E-state index contributed by atoms with van der Waals surface area (Å²) in [5.41, 5.74) is 0. The predicted octanol–water partition coefficient (Wildman–Crippen LogP) is -1.27. The molecule has 0 aromatic rings. The molecule has 0 fully saturated rings. The smallest absolute Gasteiger partial charge is 0.425 e. The Hall–Kier alpha value is -1.48. The van der Waals surface area contributed by atoms with Crippen LogP contribution in [0, 0.1) is 0 Å². The predicted molar refractivity (Wildman–Crippen MR) is 65.2 cm³/mol. The highest BCUT2D eigenvalue weighted by Gasteiger charge is 2.13. The maximum atomic E-state index is 9.51. The van der Waals surface area contributed by atoms with Crippen molar-refractivity contribution in [3.63, 3.8) is 0 Å². The fraction of sp³-hybridized carbons (Fsp3) is 0.333. The van der Waals surface area contributed by atoms with Gasteiger partial charge in [-0.2, -0.15) is 16.8 Å². The van der Waals surface area contributed by atoms with Gasteiger partial charge in [-0.15, -0.1) is 0 Å². The Morgan fingerprint density at radius 3 is 0.952 bits per heavy atom. The second-order valence-corrected chi connectivity index (χ2v) is 3.94. The van der Waals surface area contributed by atoms with E-state index in [1.54, 1.807) is 0 Å². The Kier molecular flexibility index (Phi) is 26.0. The molecular formula is C3H18N4O12S2. The van der Waals surface area contributed by atoms with Crippen molar-refractivity contribution in [2.24, 2.45) is 0 Å². The van der Waals surface area contributed by atoms with Crippen LogP contribution in [-0.2, 0) is 39.1 Å². The van der Waals surface area contributed by atoms with Gasteiger partial charge in [-0.25, -0.2) is 0 Å². The zero-order valence-electron chi connectivity index (χ0n) is 10.4. The molecule has 0 radical (unpaired) electrons. The van der Waals surface area contributed by atoms with Crippen LogP contribution in [-0.4, -0.2) is 48.1 Å². The van der Waals surface area contributed by atoms with Gasteiger partial charge in [0.15, 0.2) is 0 Å². The first kappa shape index (κ1) is 36.6. The van der Waals surface area contributed by atoms with Crippen molar-refractivity contribution in [3.8, 4) is 0 Å². The molecule has 16 nitrogen and oxygen atoms in total. The average Bonchev–Trinajstić information content (AvgIpc) is 1.96. The molecule has 0 spiro atoms. The van der Waals surface area contributed by atoms with Gasteiger partial charge in [0.25, 0.3) is 0 Å². The zero-order valence-corrected chi connectivity index (χ0v) is 12.0. The van der Waals surface area contributed by atoms with Crippen LogP contribution in [0.3, 0.4) is 0 Å². The molecule has 0 saturated carbocycles. The van der Waals surface area contributed by atoms with Gasteiger partial charge < -0.3 is 34.8 Å². The van der Waals surface area contributed by atoms with Gasteiger partial charge in [-0.05, 0) is 0 Å². The van der Waals surface area contributed by atoms with Crippen LogP contribution in [0.15, 0.2) is 0 Å². The number of rotatable bonds is 5. The number of carboxylic acid groups (broad SMARTS) is 2. The van der Waals surface area contributed by atoms with Crippen molar-refractivity contribution >= 4 is 32.7 Å². The average molecular weight is 366 g/mol. The summed E-state index contributed by atoms with van der Waals surface area (Å²) in [5.74, 6) is -2.62. The summed E-state index contributed by atoms with van der Waals surface area (Å²) >= 11 is 0. The number of aliphatic carboxylic acids is 2.